The molecule has 1 heterocycles. The van der Waals surface area contributed by atoms with Crippen molar-refractivity contribution >= 4 is 22.9 Å². The Labute approximate surface area is 111 Å². The van der Waals surface area contributed by atoms with Crippen molar-refractivity contribution < 1.29 is 4.79 Å². The molecule has 1 amide bonds. The highest BCUT2D eigenvalue weighted by atomic mass is 32.1. The number of anilines is 1. The predicted molar refractivity (Wildman–Crippen MR) is 75.4 cm³/mol. The first kappa shape index (κ1) is 12.6. The van der Waals surface area contributed by atoms with Crippen molar-refractivity contribution in [1.82, 2.24) is 5.32 Å². The molecule has 18 heavy (non-hydrogen) atoms. The first-order valence-corrected chi connectivity index (χ1v) is 6.70. The molecule has 1 aromatic carbocycles. The molecule has 1 aromatic heterocycles. The van der Waals surface area contributed by atoms with Crippen LogP contribution in [0, 0.1) is 0 Å². The molecule has 2 rings (SSSR count). The van der Waals surface area contributed by atoms with Gasteiger partial charge >= 0.3 is 0 Å². The maximum absolute atomic E-state index is 11.9. The van der Waals surface area contributed by atoms with E-state index in [0.29, 0.717) is 12.1 Å². The number of amides is 1. The Morgan fingerprint density at radius 1 is 1.39 bits per heavy atom. The normalized spacial score (nSPS) is 12.1. The lowest BCUT2D eigenvalue weighted by Crippen LogP contribution is -2.27. The van der Waals surface area contributed by atoms with Gasteiger partial charge in [-0.05, 0) is 36.1 Å². The van der Waals surface area contributed by atoms with Crippen molar-refractivity contribution in [2.45, 2.75) is 19.4 Å². The number of nitrogens with two attached hydrogens (primary N) is 1. The molecule has 0 radical (unpaired) electrons. The van der Waals surface area contributed by atoms with Crippen LogP contribution in [0.2, 0.25) is 0 Å². The van der Waals surface area contributed by atoms with Gasteiger partial charge in [-0.25, -0.2) is 0 Å². The predicted octanol–water partition coefficient (Wildman–Crippen LogP) is 2.75. The second kappa shape index (κ2) is 5.69. The van der Waals surface area contributed by atoms with Gasteiger partial charge < -0.3 is 11.1 Å². The Bertz CT molecular complexity index is 522. The molecule has 3 nitrogen and oxygen atoms in total. The molecule has 0 bridgehead atoms. The smallest absolute Gasteiger partial charge is 0.224 e. The van der Waals surface area contributed by atoms with Crippen LogP contribution >= 0.6 is 11.3 Å². The van der Waals surface area contributed by atoms with Gasteiger partial charge in [-0.1, -0.05) is 18.2 Å². The third-order valence-electron chi connectivity index (χ3n) is 2.66. The fourth-order valence-corrected chi connectivity index (χ4v) is 2.52. The lowest BCUT2D eigenvalue weighted by Gasteiger charge is -2.12. The summed E-state index contributed by atoms with van der Waals surface area (Å²) in [6.07, 6.45) is 0.362. The number of nitrogens with one attached hydrogen (secondary N) is 1. The molecule has 0 aliphatic heterocycles. The standard InChI is InChI=1S/C14H16N2OS/c1-10(13-6-3-7-18-13)16-14(17)9-11-4-2-5-12(15)8-11/h2-8,10H,9,15H2,1H3,(H,16,17)/t10-/m1/s1. The van der Waals surface area contributed by atoms with Gasteiger partial charge in [0.1, 0.15) is 0 Å². The number of hydrogen-bond donors (Lipinski definition) is 2. The van der Waals surface area contributed by atoms with Crippen LogP contribution in [-0.2, 0) is 11.2 Å². The highest BCUT2D eigenvalue weighted by Gasteiger charge is 2.10. The number of benzene rings is 1. The largest absolute Gasteiger partial charge is 0.399 e. The first-order valence-electron chi connectivity index (χ1n) is 5.82. The minimum atomic E-state index is 0.0153. The minimum absolute atomic E-state index is 0.0153. The summed E-state index contributed by atoms with van der Waals surface area (Å²) in [6.45, 7) is 1.99. The number of rotatable bonds is 4. The Morgan fingerprint density at radius 2 is 2.22 bits per heavy atom. The molecule has 3 N–H and O–H groups in total. The molecule has 4 heteroatoms. The summed E-state index contributed by atoms with van der Waals surface area (Å²) in [6, 6.07) is 11.5. The zero-order valence-electron chi connectivity index (χ0n) is 10.2. The van der Waals surface area contributed by atoms with Crippen LogP contribution < -0.4 is 11.1 Å². The van der Waals surface area contributed by atoms with Gasteiger partial charge in [0, 0.05) is 10.6 Å². The van der Waals surface area contributed by atoms with Gasteiger partial charge in [-0.3, -0.25) is 4.79 Å². The van der Waals surface area contributed by atoms with E-state index in [9.17, 15) is 4.79 Å². The van der Waals surface area contributed by atoms with Crippen molar-refractivity contribution in [2.75, 3.05) is 5.73 Å². The van der Waals surface area contributed by atoms with E-state index in [-0.39, 0.29) is 11.9 Å². The van der Waals surface area contributed by atoms with Crippen molar-refractivity contribution in [3.8, 4) is 0 Å². The summed E-state index contributed by atoms with van der Waals surface area (Å²) >= 11 is 1.65. The van der Waals surface area contributed by atoms with Crippen LogP contribution in [-0.4, -0.2) is 5.91 Å². The van der Waals surface area contributed by atoms with E-state index < -0.39 is 0 Å². The summed E-state index contributed by atoms with van der Waals surface area (Å²) in [4.78, 5) is 13.0. The monoisotopic (exact) mass is 260 g/mol. The average molecular weight is 260 g/mol. The van der Waals surface area contributed by atoms with E-state index in [4.69, 9.17) is 5.73 Å². The molecule has 0 aliphatic rings. The maximum atomic E-state index is 11.9. The van der Waals surface area contributed by atoms with E-state index in [2.05, 4.69) is 5.32 Å². The number of carbonyl (C=O) groups is 1. The van der Waals surface area contributed by atoms with E-state index >= 15 is 0 Å². The van der Waals surface area contributed by atoms with Gasteiger partial charge in [0.05, 0.1) is 12.5 Å². The fourth-order valence-electron chi connectivity index (χ4n) is 1.79. The number of carbonyl (C=O) groups excluding carboxylic acids is 1. The third-order valence-corrected chi connectivity index (χ3v) is 3.72. The van der Waals surface area contributed by atoms with Crippen molar-refractivity contribution in [3.05, 3.63) is 52.2 Å². The highest BCUT2D eigenvalue weighted by molar-refractivity contribution is 7.10. The molecular formula is C14H16N2OS. The fraction of sp³-hybridized carbons (Fsp3) is 0.214. The number of nitrogen functional groups attached to an aromatic ring is 1. The van der Waals surface area contributed by atoms with E-state index in [1.165, 1.54) is 0 Å². The van der Waals surface area contributed by atoms with Crippen LogP contribution in [0.1, 0.15) is 23.4 Å². The minimum Gasteiger partial charge on any atom is -0.399 e. The molecule has 0 fully saturated rings. The summed E-state index contributed by atoms with van der Waals surface area (Å²) in [5.41, 5.74) is 7.31. The van der Waals surface area contributed by atoms with E-state index in [1.807, 2.05) is 48.7 Å². The van der Waals surface area contributed by atoms with E-state index in [1.54, 1.807) is 11.3 Å². The Balaban J connectivity index is 1.93. The van der Waals surface area contributed by atoms with E-state index in [0.717, 1.165) is 10.4 Å². The van der Waals surface area contributed by atoms with Crippen LogP contribution in [0.25, 0.3) is 0 Å². The molecule has 0 unspecified atom stereocenters. The van der Waals surface area contributed by atoms with Crippen LogP contribution in [0.3, 0.4) is 0 Å². The van der Waals surface area contributed by atoms with Crippen molar-refractivity contribution in [3.63, 3.8) is 0 Å². The zero-order chi connectivity index (χ0) is 13.0. The Hall–Kier alpha value is -1.81. The average Bonchev–Trinajstić information content (AvgIpc) is 2.81. The molecule has 1 atom stereocenters. The molecule has 0 saturated carbocycles. The third kappa shape index (κ3) is 3.34. The molecule has 0 aliphatic carbocycles. The molecular weight excluding hydrogens is 244 g/mol. The summed E-state index contributed by atoms with van der Waals surface area (Å²) in [7, 11) is 0. The van der Waals surface area contributed by atoms with Gasteiger partial charge in [-0.2, -0.15) is 0 Å². The van der Waals surface area contributed by atoms with Gasteiger partial charge in [0.25, 0.3) is 0 Å². The van der Waals surface area contributed by atoms with Crippen molar-refractivity contribution in [1.29, 1.82) is 0 Å². The zero-order valence-corrected chi connectivity index (χ0v) is 11.0. The van der Waals surface area contributed by atoms with Crippen LogP contribution in [0.5, 0.6) is 0 Å². The van der Waals surface area contributed by atoms with Gasteiger partial charge in [0.2, 0.25) is 5.91 Å². The quantitative estimate of drug-likeness (QED) is 0.830. The SMILES string of the molecule is C[C@@H](NC(=O)Cc1cccc(N)c1)c1cccs1. The second-order valence-electron chi connectivity index (χ2n) is 4.23. The first-order chi connectivity index (χ1) is 8.65. The maximum Gasteiger partial charge on any atom is 0.224 e. The number of hydrogen-bond acceptors (Lipinski definition) is 3. The van der Waals surface area contributed by atoms with Gasteiger partial charge in [0.15, 0.2) is 0 Å². The molecule has 0 spiro atoms. The lowest BCUT2D eigenvalue weighted by atomic mass is 10.1. The van der Waals surface area contributed by atoms with Crippen LogP contribution in [0.15, 0.2) is 41.8 Å². The van der Waals surface area contributed by atoms with Crippen molar-refractivity contribution in [2.24, 2.45) is 0 Å². The van der Waals surface area contributed by atoms with Gasteiger partial charge in [-0.15, -0.1) is 11.3 Å². The molecule has 94 valence electrons. The van der Waals surface area contributed by atoms with Crippen LogP contribution in [0.4, 0.5) is 5.69 Å². The number of thiophene rings is 1. The molecule has 0 saturated heterocycles. The Kier molecular flexibility index (Phi) is 3.99. The topological polar surface area (TPSA) is 55.1 Å². The summed E-state index contributed by atoms with van der Waals surface area (Å²) in [5.74, 6) is 0.0153. The summed E-state index contributed by atoms with van der Waals surface area (Å²) in [5, 5.41) is 4.99. The lowest BCUT2D eigenvalue weighted by molar-refractivity contribution is -0.121. The second-order valence-corrected chi connectivity index (χ2v) is 5.21. The molecule has 2 aromatic rings. The summed E-state index contributed by atoms with van der Waals surface area (Å²) < 4.78 is 0. The highest BCUT2D eigenvalue weighted by Crippen LogP contribution is 2.18. The Morgan fingerprint density at radius 3 is 2.89 bits per heavy atom.